The number of likely N-dealkylation sites (tertiary alicyclic amines) is 1. The zero-order valence-electron chi connectivity index (χ0n) is 22.4. The molecule has 2 amide bonds. The molecule has 0 unspecified atom stereocenters. The van der Waals surface area contributed by atoms with Crippen molar-refractivity contribution in [2.45, 2.75) is 104 Å². The van der Waals surface area contributed by atoms with Crippen LogP contribution < -0.4 is 4.90 Å². The lowest BCUT2D eigenvalue weighted by atomic mass is 10.0. The number of nitrogens with zero attached hydrogens (tertiary/aromatic N) is 3. The fraction of sp³-hybridized carbons (Fsp3) is 0.741. The number of unbranched alkanes of at least 4 members (excludes halogenated alkanes) is 2. The molecule has 196 valence electrons. The highest BCUT2D eigenvalue weighted by atomic mass is 16.6. The Hall–Kier alpha value is -2.35. The van der Waals surface area contributed by atoms with Crippen LogP contribution in [0.3, 0.4) is 0 Å². The highest BCUT2D eigenvalue weighted by Gasteiger charge is 2.30. The van der Waals surface area contributed by atoms with Gasteiger partial charge in [-0.05, 0) is 91.7 Å². The van der Waals surface area contributed by atoms with Crippen molar-refractivity contribution < 1.29 is 23.8 Å². The van der Waals surface area contributed by atoms with Crippen LogP contribution in [0.15, 0.2) is 12.1 Å². The topological polar surface area (TPSA) is 81.2 Å². The fourth-order valence-electron chi connectivity index (χ4n) is 4.30. The number of pyridine rings is 1. The molecule has 0 bridgehead atoms. The number of aryl methyl sites for hydroxylation is 2. The summed E-state index contributed by atoms with van der Waals surface area (Å²) in [6.45, 7) is 13.9. The normalized spacial score (nSPS) is 18.4. The lowest BCUT2D eigenvalue weighted by Crippen LogP contribution is -2.40. The zero-order valence-corrected chi connectivity index (χ0v) is 22.4. The molecular formula is C27H43N3O5. The lowest BCUT2D eigenvalue weighted by molar-refractivity contribution is 0.0206. The van der Waals surface area contributed by atoms with Crippen LogP contribution >= 0.6 is 0 Å². The average Bonchev–Trinajstić information content (AvgIpc) is 3.22. The van der Waals surface area contributed by atoms with Crippen molar-refractivity contribution in [2.24, 2.45) is 0 Å². The quantitative estimate of drug-likeness (QED) is 0.470. The van der Waals surface area contributed by atoms with Crippen molar-refractivity contribution in [3.8, 4) is 0 Å². The summed E-state index contributed by atoms with van der Waals surface area (Å²) in [4.78, 5) is 33.1. The van der Waals surface area contributed by atoms with Gasteiger partial charge in [0.2, 0.25) is 0 Å². The molecule has 3 rings (SSSR count). The molecule has 1 fully saturated rings. The lowest BCUT2D eigenvalue weighted by Gasteiger charge is -2.31. The predicted octanol–water partition coefficient (Wildman–Crippen LogP) is 5.51. The monoisotopic (exact) mass is 489 g/mol. The number of rotatable bonds is 7. The maximum Gasteiger partial charge on any atom is 0.416 e. The van der Waals surface area contributed by atoms with E-state index in [4.69, 9.17) is 19.2 Å². The first-order chi connectivity index (χ1) is 16.4. The Bertz CT molecular complexity index is 875. The summed E-state index contributed by atoms with van der Waals surface area (Å²) < 4.78 is 17.0. The first-order valence-corrected chi connectivity index (χ1v) is 13.0. The number of carbonyl (C=O) groups excluding carboxylic acids is 2. The fourth-order valence-corrected chi connectivity index (χ4v) is 4.30. The summed E-state index contributed by atoms with van der Waals surface area (Å²) in [5.74, 6) is 0.752. The number of anilines is 1. The second-order valence-electron chi connectivity index (χ2n) is 11.5. The molecule has 0 N–H and O–H groups in total. The molecule has 1 aromatic heterocycles. The van der Waals surface area contributed by atoms with E-state index in [2.05, 4.69) is 12.1 Å². The summed E-state index contributed by atoms with van der Waals surface area (Å²) in [6, 6.07) is 4.19. The third-order valence-corrected chi connectivity index (χ3v) is 5.94. The Morgan fingerprint density at radius 1 is 0.971 bits per heavy atom. The van der Waals surface area contributed by atoms with E-state index < -0.39 is 11.2 Å². The molecule has 8 heteroatoms. The zero-order chi connectivity index (χ0) is 25.6. The van der Waals surface area contributed by atoms with E-state index in [-0.39, 0.29) is 18.3 Å². The molecule has 1 atom stereocenters. The Morgan fingerprint density at radius 2 is 1.69 bits per heavy atom. The molecule has 0 aromatic carbocycles. The van der Waals surface area contributed by atoms with Gasteiger partial charge in [-0.3, -0.25) is 4.90 Å². The summed E-state index contributed by atoms with van der Waals surface area (Å²) >= 11 is 0. The van der Waals surface area contributed by atoms with Crippen LogP contribution in [-0.2, 0) is 27.1 Å². The van der Waals surface area contributed by atoms with E-state index >= 15 is 0 Å². The number of aromatic nitrogens is 1. The van der Waals surface area contributed by atoms with Crippen molar-refractivity contribution in [1.29, 1.82) is 0 Å². The standard InChI is InChI=1S/C27H43N3O5/c1-26(2,3)34-24(31)29-17-15-22(19-29)33-18-9-7-8-12-21-14-13-20-11-10-16-30(23(20)28-21)25(32)35-27(4,5)6/h13-14,22H,7-12,15-19H2,1-6H3/t22-/m1/s1. The van der Waals surface area contributed by atoms with Gasteiger partial charge >= 0.3 is 12.2 Å². The molecule has 3 heterocycles. The second kappa shape index (κ2) is 11.6. The molecule has 2 aliphatic heterocycles. The number of carbonyl (C=O) groups is 2. The SMILES string of the molecule is CC(C)(C)OC(=O)N1CC[C@@H](OCCCCCc2ccc3c(n2)N(C(=O)OC(C)(C)C)CCC3)C1. The number of fused-ring (bicyclic) bond motifs is 1. The van der Waals surface area contributed by atoms with Gasteiger partial charge in [-0.2, -0.15) is 0 Å². The van der Waals surface area contributed by atoms with E-state index in [0.717, 1.165) is 62.0 Å². The molecular weight excluding hydrogens is 446 g/mol. The number of hydrogen-bond acceptors (Lipinski definition) is 6. The maximum atomic E-state index is 12.7. The van der Waals surface area contributed by atoms with Gasteiger partial charge in [0.1, 0.15) is 17.0 Å². The number of ether oxygens (including phenoxy) is 3. The van der Waals surface area contributed by atoms with E-state index in [1.165, 1.54) is 0 Å². The summed E-state index contributed by atoms with van der Waals surface area (Å²) in [6.07, 6.45) is 6.10. The number of amides is 2. The molecule has 0 aliphatic carbocycles. The highest BCUT2D eigenvalue weighted by molar-refractivity contribution is 5.88. The molecule has 35 heavy (non-hydrogen) atoms. The van der Waals surface area contributed by atoms with Crippen molar-refractivity contribution in [3.63, 3.8) is 0 Å². The van der Waals surface area contributed by atoms with Crippen LogP contribution in [0.4, 0.5) is 15.4 Å². The number of hydrogen-bond donors (Lipinski definition) is 0. The highest BCUT2D eigenvalue weighted by Crippen LogP contribution is 2.27. The predicted molar refractivity (Wildman–Crippen MR) is 136 cm³/mol. The van der Waals surface area contributed by atoms with Gasteiger partial charge in [0.25, 0.3) is 0 Å². The van der Waals surface area contributed by atoms with Gasteiger partial charge in [0, 0.05) is 25.4 Å². The summed E-state index contributed by atoms with van der Waals surface area (Å²) in [7, 11) is 0. The van der Waals surface area contributed by atoms with E-state index in [9.17, 15) is 9.59 Å². The molecule has 8 nitrogen and oxygen atoms in total. The Labute approximate surface area is 210 Å². The molecule has 1 saturated heterocycles. The van der Waals surface area contributed by atoms with Gasteiger partial charge in [-0.15, -0.1) is 0 Å². The van der Waals surface area contributed by atoms with E-state index in [1.807, 2.05) is 41.5 Å². The first-order valence-electron chi connectivity index (χ1n) is 13.0. The Kier molecular flexibility index (Phi) is 9.02. The third-order valence-electron chi connectivity index (χ3n) is 5.94. The van der Waals surface area contributed by atoms with E-state index in [1.54, 1.807) is 9.80 Å². The summed E-state index contributed by atoms with van der Waals surface area (Å²) in [5, 5.41) is 0. The van der Waals surface area contributed by atoms with Crippen molar-refractivity contribution in [1.82, 2.24) is 9.88 Å². The minimum absolute atomic E-state index is 0.0867. The molecule has 0 saturated carbocycles. The Morgan fingerprint density at radius 3 is 2.40 bits per heavy atom. The van der Waals surface area contributed by atoms with Gasteiger partial charge in [0.15, 0.2) is 0 Å². The molecule has 0 radical (unpaired) electrons. The Balaban J connectivity index is 1.38. The van der Waals surface area contributed by atoms with Crippen LogP contribution in [0.1, 0.15) is 84.9 Å². The minimum atomic E-state index is -0.527. The third kappa shape index (κ3) is 8.67. The van der Waals surface area contributed by atoms with Crippen LogP contribution in [0.25, 0.3) is 0 Å². The average molecular weight is 490 g/mol. The van der Waals surface area contributed by atoms with Crippen LogP contribution in [0.2, 0.25) is 0 Å². The van der Waals surface area contributed by atoms with Crippen molar-refractivity contribution in [2.75, 3.05) is 31.1 Å². The second-order valence-corrected chi connectivity index (χ2v) is 11.5. The van der Waals surface area contributed by atoms with Crippen LogP contribution in [-0.4, -0.2) is 65.6 Å². The van der Waals surface area contributed by atoms with Crippen LogP contribution in [0, 0.1) is 0 Å². The van der Waals surface area contributed by atoms with Gasteiger partial charge < -0.3 is 19.1 Å². The van der Waals surface area contributed by atoms with Gasteiger partial charge in [-0.25, -0.2) is 14.6 Å². The first kappa shape index (κ1) is 27.2. The molecule has 0 spiro atoms. The minimum Gasteiger partial charge on any atom is -0.444 e. The largest absolute Gasteiger partial charge is 0.444 e. The van der Waals surface area contributed by atoms with Gasteiger partial charge in [0.05, 0.1) is 12.6 Å². The summed E-state index contributed by atoms with van der Waals surface area (Å²) in [5.41, 5.74) is 1.11. The van der Waals surface area contributed by atoms with E-state index in [0.29, 0.717) is 26.2 Å². The molecule has 1 aromatic rings. The smallest absolute Gasteiger partial charge is 0.416 e. The maximum absolute atomic E-state index is 12.7. The van der Waals surface area contributed by atoms with Crippen molar-refractivity contribution in [3.05, 3.63) is 23.4 Å². The van der Waals surface area contributed by atoms with Gasteiger partial charge in [-0.1, -0.05) is 12.5 Å². The van der Waals surface area contributed by atoms with Crippen molar-refractivity contribution >= 4 is 18.0 Å². The molecule has 2 aliphatic rings. The van der Waals surface area contributed by atoms with Crippen LogP contribution in [0.5, 0.6) is 0 Å².